The van der Waals surface area contributed by atoms with Crippen molar-refractivity contribution >= 4 is 22.5 Å². The maximum Gasteiger partial charge on any atom is 0.125 e. The summed E-state index contributed by atoms with van der Waals surface area (Å²) in [6.45, 7) is 27.6. The number of hydrogen-bond donors (Lipinski definition) is 2. The van der Waals surface area contributed by atoms with Gasteiger partial charge < -0.3 is 20.4 Å². The monoisotopic (exact) mass is 999 g/mol. The second-order valence-electron chi connectivity index (χ2n) is 17.3. The second kappa shape index (κ2) is 35.0. The molecule has 0 saturated carbocycles. The van der Waals surface area contributed by atoms with Crippen LogP contribution in [-0.4, -0.2) is 31.7 Å². The third-order valence-corrected chi connectivity index (χ3v) is 12.8. The van der Waals surface area contributed by atoms with E-state index < -0.39 is 5.41 Å². The highest BCUT2D eigenvalue weighted by Crippen LogP contribution is 2.53. The molecule has 0 spiro atoms. The summed E-state index contributed by atoms with van der Waals surface area (Å²) in [6.07, 6.45) is 41.6. The van der Waals surface area contributed by atoms with Crippen LogP contribution in [0.5, 0.6) is 0 Å². The third kappa shape index (κ3) is 17.4. The van der Waals surface area contributed by atoms with Gasteiger partial charge in [0.1, 0.15) is 6.17 Å². The van der Waals surface area contributed by atoms with E-state index in [-0.39, 0.29) is 12.1 Å². The maximum absolute atomic E-state index is 4.12. The Labute approximate surface area is 456 Å². The molecule has 3 atom stereocenters. The summed E-state index contributed by atoms with van der Waals surface area (Å²) in [6, 6.07) is 42.6. The Hall–Kier alpha value is -7.32. The number of allylic oxidation sites excluding steroid dienone is 21. The largest absolute Gasteiger partial charge is 0.361 e. The highest BCUT2D eigenvalue weighted by Gasteiger charge is 2.45. The summed E-state index contributed by atoms with van der Waals surface area (Å²) in [7, 11) is 3.97. The Kier molecular flexibility index (Phi) is 28.9. The summed E-state index contributed by atoms with van der Waals surface area (Å²) in [4.78, 5) is 4.41. The number of hydrogen-bond acceptors (Lipinski definition) is 4. The Bertz CT molecular complexity index is 2730. The highest BCUT2D eigenvalue weighted by molar-refractivity contribution is 5.86. The van der Waals surface area contributed by atoms with Crippen LogP contribution < -0.4 is 15.5 Å². The van der Waals surface area contributed by atoms with Crippen LogP contribution in [0.3, 0.4) is 0 Å². The lowest BCUT2D eigenvalue weighted by Gasteiger charge is -2.39. The first-order valence-corrected chi connectivity index (χ1v) is 27.6. The Balaban J connectivity index is 0.000000824. The topological polar surface area (TPSA) is 30.5 Å². The van der Waals surface area contributed by atoms with Crippen molar-refractivity contribution in [2.24, 2.45) is 5.92 Å². The van der Waals surface area contributed by atoms with Gasteiger partial charge in [-0.3, -0.25) is 0 Å². The van der Waals surface area contributed by atoms with Crippen LogP contribution in [0.4, 0.5) is 11.4 Å². The van der Waals surface area contributed by atoms with Crippen molar-refractivity contribution in [2.45, 2.75) is 113 Å². The zero-order valence-electron chi connectivity index (χ0n) is 48.0. The average Bonchev–Trinajstić information content (AvgIpc) is 3.67. The molecule has 4 heteroatoms. The molecule has 394 valence electrons. The predicted molar refractivity (Wildman–Crippen MR) is 334 cm³/mol. The van der Waals surface area contributed by atoms with Gasteiger partial charge in [0.25, 0.3) is 0 Å². The van der Waals surface area contributed by atoms with Crippen molar-refractivity contribution in [3.8, 4) is 12.0 Å². The smallest absolute Gasteiger partial charge is 0.125 e. The lowest BCUT2D eigenvalue weighted by atomic mass is 9.65. The maximum atomic E-state index is 4.12. The zero-order valence-corrected chi connectivity index (χ0v) is 48.0. The summed E-state index contributed by atoms with van der Waals surface area (Å²) < 4.78 is 0. The minimum atomic E-state index is -0.390. The van der Waals surface area contributed by atoms with Crippen LogP contribution in [0, 0.1) is 17.9 Å². The zero-order chi connectivity index (χ0) is 54.9. The number of anilines is 2. The van der Waals surface area contributed by atoms with E-state index in [0.717, 1.165) is 66.1 Å². The number of para-hydroxylation sites is 1. The third-order valence-electron chi connectivity index (χ3n) is 12.8. The molecule has 3 unspecified atom stereocenters. The van der Waals surface area contributed by atoms with E-state index in [2.05, 4.69) is 231 Å². The van der Waals surface area contributed by atoms with E-state index in [1.807, 2.05) is 111 Å². The van der Waals surface area contributed by atoms with Gasteiger partial charge in [0.2, 0.25) is 0 Å². The molecule has 4 aliphatic rings. The quantitative estimate of drug-likeness (QED) is 0.0794. The number of nitrogens with zero attached hydrogens (tertiary/aromatic N) is 2. The minimum Gasteiger partial charge on any atom is -0.361 e. The fraction of sp³-hybridized carbons (Fsp3) is 0.296. The average molecular weight is 1000 g/mol. The molecule has 8 rings (SSSR count). The van der Waals surface area contributed by atoms with Crippen LogP contribution in [0.15, 0.2) is 242 Å². The van der Waals surface area contributed by atoms with Gasteiger partial charge in [0.05, 0.1) is 0 Å². The van der Waals surface area contributed by atoms with Gasteiger partial charge in [0.15, 0.2) is 0 Å². The van der Waals surface area contributed by atoms with Gasteiger partial charge in [-0.2, -0.15) is 0 Å². The van der Waals surface area contributed by atoms with Crippen LogP contribution in [-0.2, 0) is 5.41 Å². The van der Waals surface area contributed by atoms with E-state index in [4.69, 9.17) is 0 Å². The molecule has 4 nitrogen and oxygen atoms in total. The van der Waals surface area contributed by atoms with E-state index in [0.29, 0.717) is 0 Å². The van der Waals surface area contributed by atoms with Crippen molar-refractivity contribution in [1.82, 2.24) is 10.2 Å². The molecule has 2 N–H and O–H groups in total. The minimum absolute atomic E-state index is 0.00611. The Morgan fingerprint density at radius 3 is 2.04 bits per heavy atom. The fourth-order valence-electron chi connectivity index (χ4n) is 9.14. The van der Waals surface area contributed by atoms with Gasteiger partial charge >= 0.3 is 0 Å². The molecule has 1 aliphatic heterocycles. The first-order chi connectivity index (χ1) is 36.8. The van der Waals surface area contributed by atoms with Crippen molar-refractivity contribution in [2.75, 3.05) is 30.9 Å². The molecule has 0 fully saturated rings. The van der Waals surface area contributed by atoms with Crippen LogP contribution in [0.25, 0.3) is 11.1 Å². The van der Waals surface area contributed by atoms with Crippen molar-refractivity contribution in [3.05, 3.63) is 264 Å². The Morgan fingerprint density at radius 1 is 0.800 bits per heavy atom. The molecule has 0 radical (unpaired) electrons. The predicted octanol–water partition coefficient (Wildman–Crippen LogP) is 18.8. The molecule has 3 aliphatic carbocycles. The molecule has 4 aromatic rings. The molecular formula is C71H90N4. The van der Waals surface area contributed by atoms with E-state index in [9.17, 15) is 0 Å². The molecule has 75 heavy (non-hydrogen) atoms. The van der Waals surface area contributed by atoms with Gasteiger partial charge in [-0.25, -0.2) is 0 Å². The van der Waals surface area contributed by atoms with Gasteiger partial charge in [-0.1, -0.05) is 225 Å². The van der Waals surface area contributed by atoms with Crippen LogP contribution in [0.1, 0.15) is 124 Å². The van der Waals surface area contributed by atoms with Crippen molar-refractivity contribution in [1.29, 1.82) is 0 Å². The van der Waals surface area contributed by atoms with E-state index in [1.165, 1.54) is 33.4 Å². The van der Waals surface area contributed by atoms with Crippen molar-refractivity contribution in [3.63, 3.8) is 0 Å². The summed E-state index contributed by atoms with van der Waals surface area (Å²) in [5, 5.41) is 6.63. The molecule has 0 amide bonds. The lowest BCUT2D eigenvalue weighted by Crippen LogP contribution is -2.34. The van der Waals surface area contributed by atoms with E-state index in [1.54, 1.807) is 0 Å². The lowest BCUT2D eigenvalue weighted by molar-refractivity contribution is 0.442. The Morgan fingerprint density at radius 2 is 1.44 bits per heavy atom. The number of benzene rings is 4. The van der Waals surface area contributed by atoms with Crippen LogP contribution >= 0.6 is 0 Å². The van der Waals surface area contributed by atoms with Crippen molar-refractivity contribution < 1.29 is 0 Å². The first kappa shape index (κ1) is 62.0. The highest BCUT2D eigenvalue weighted by atomic mass is 15.2. The van der Waals surface area contributed by atoms with Crippen LogP contribution in [0.2, 0.25) is 0 Å². The summed E-state index contributed by atoms with van der Waals surface area (Å²) >= 11 is 0. The second-order valence-corrected chi connectivity index (χ2v) is 17.3. The normalized spacial score (nSPS) is 19.3. The SMILES string of the molecule is C/C=C\C=C/C.C=C/C(=C\C=C(/C)N(C1=CCC(C2(c3ccc(NC4C=CCC#CN4C)cc3)C=C(/C=C3/C=CCC/C3=C/C)c3ccccc32)C=C1)c1ccccc1)c1ccccc1.CC.CC.CC.CCNC. The molecule has 4 aromatic carbocycles. The molecule has 0 saturated heterocycles. The molecule has 0 bridgehead atoms. The first-order valence-electron chi connectivity index (χ1n) is 27.6. The summed E-state index contributed by atoms with van der Waals surface area (Å²) in [5.74, 6) is 3.37. The molecule has 0 aromatic heterocycles. The molecule has 1 heterocycles. The standard InChI is InChI=1S/C56H53N3.C6H10.C3H9N.3C2H6/c1-5-43-20-15-16-23-46(43)40-47-41-56(54-27-18-17-26-53(47)54,48-31-35-50(36-32-48)57-55-28-14-9-19-39-58(55)4)49-33-37-52(38-34-49)59(51-24-12-8-13-25-51)42(3)29-30-44(6-2)45-21-10-7-11-22-45;1-3-5-6-4-2;1-3-4-2;3*1-2/h5-8,10-14,16-18,21-33,35-38,40-41,49,55,57H,2,9,15,20,34H2,1,3-4H3;3-6H,1-2H3;4H,3H2,1-2H3;3*1-2H3/b42-29+,43-5-,44-30+,46-40-;5-3-,6-4-;;;;. The number of likely N-dealkylation sites (N-methyl/N-ethyl adjacent to an activating group) is 1. The fourth-order valence-corrected chi connectivity index (χ4v) is 9.14. The molecular weight excluding hydrogens is 909 g/mol. The number of nitrogens with one attached hydrogen (secondary N) is 2. The number of fused-ring (bicyclic) bond motifs is 1. The van der Waals surface area contributed by atoms with Gasteiger partial charge in [-0.15, -0.1) is 0 Å². The van der Waals surface area contributed by atoms with Gasteiger partial charge in [-0.05, 0) is 160 Å². The van der Waals surface area contributed by atoms with E-state index >= 15 is 0 Å². The summed E-state index contributed by atoms with van der Waals surface area (Å²) in [5.41, 5.74) is 14.3. The van der Waals surface area contributed by atoms with Gasteiger partial charge in [0, 0.05) is 47.7 Å². The number of rotatable bonds is 13.